The summed E-state index contributed by atoms with van der Waals surface area (Å²) in [7, 11) is 0. The molecule has 3 rings (SSSR count). The standard InChI is InChI=1S/C22H17F2I/c1-3-20(25)17-10-8-16(9-11-17)19-13-12-18(21(23)22(19)24)15-6-4-14(2)5-7-15/h3-13,20H,1H2,2H3. The number of allylic oxidation sites excluding steroid dienone is 1. The minimum absolute atomic E-state index is 0.192. The van der Waals surface area contributed by atoms with Gasteiger partial charge < -0.3 is 0 Å². The van der Waals surface area contributed by atoms with Gasteiger partial charge in [0, 0.05) is 11.1 Å². The van der Waals surface area contributed by atoms with Gasteiger partial charge in [-0.25, -0.2) is 8.78 Å². The molecule has 0 aliphatic carbocycles. The molecule has 0 fully saturated rings. The highest BCUT2D eigenvalue weighted by molar-refractivity contribution is 14.1. The zero-order valence-corrected chi connectivity index (χ0v) is 15.9. The zero-order valence-electron chi connectivity index (χ0n) is 13.8. The van der Waals surface area contributed by atoms with Gasteiger partial charge >= 0.3 is 0 Å². The first-order chi connectivity index (χ1) is 12.0. The zero-order chi connectivity index (χ0) is 18.0. The van der Waals surface area contributed by atoms with E-state index in [1.165, 1.54) is 0 Å². The molecule has 3 aromatic rings. The van der Waals surface area contributed by atoms with E-state index in [4.69, 9.17) is 0 Å². The maximum absolute atomic E-state index is 14.6. The number of aryl methyl sites for hydroxylation is 1. The van der Waals surface area contributed by atoms with E-state index in [2.05, 4.69) is 29.2 Å². The fourth-order valence-electron chi connectivity index (χ4n) is 2.71. The second-order valence-electron chi connectivity index (χ2n) is 5.91. The van der Waals surface area contributed by atoms with Crippen LogP contribution in [0.2, 0.25) is 0 Å². The van der Waals surface area contributed by atoms with E-state index in [0.29, 0.717) is 11.1 Å². The third-order valence-electron chi connectivity index (χ3n) is 4.19. The van der Waals surface area contributed by atoms with E-state index in [-0.39, 0.29) is 15.1 Å². The van der Waals surface area contributed by atoms with E-state index in [9.17, 15) is 8.78 Å². The topological polar surface area (TPSA) is 0 Å². The molecule has 0 heterocycles. The second-order valence-corrected chi connectivity index (χ2v) is 7.26. The molecule has 0 N–H and O–H groups in total. The lowest BCUT2D eigenvalue weighted by molar-refractivity contribution is 0.514. The highest BCUT2D eigenvalue weighted by atomic mass is 127. The van der Waals surface area contributed by atoms with Crippen LogP contribution in [0, 0.1) is 18.6 Å². The Bertz CT molecular complexity index is 897. The van der Waals surface area contributed by atoms with E-state index >= 15 is 0 Å². The van der Waals surface area contributed by atoms with Gasteiger partial charge in [-0.05, 0) is 23.6 Å². The smallest absolute Gasteiger partial charge is 0.167 e. The maximum Gasteiger partial charge on any atom is 0.167 e. The van der Waals surface area contributed by atoms with Crippen molar-refractivity contribution in [2.75, 3.05) is 0 Å². The minimum atomic E-state index is -0.819. The molecule has 0 aliphatic rings. The summed E-state index contributed by atoms with van der Waals surface area (Å²) in [5.41, 5.74) is 4.03. The SMILES string of the molecule is C=CC(I)c1ccc(-c2ccc(-c3ccc(C)cc3)c(F)c2F)cc1. The second kappa shape index (κ2) is 7.48. The van der Waals surface area contributed by atoms with Crippen LogP contribution in [0.25, 0.3) is 22.3 Å². The first kappa shape index (κ1) is 17.8. The normalized spacial score (nSPS) is 12.0. The molecule has 0 amide bonds. The van der Waals surface area contributed by atoms with Crippen LogP contribution in [0.4, 0.5) is 8.78 Å². The summed E-state index contributed by atoms with van der Waals surface area (Å²) in [5, 5.41) is 0. The number of halogens is 3. The Labute approximate surface area is 160 Å². The molecule has 3 aromatic carbocycles. The molecule has 0 aliphatic heterocycles. The highest BCUT2D eigenvalue weighted by Gasteiger charge is 2.16. The Morgan fingerprint density at radius 3 is 1.68 bits per heavy atom. The number of hydrogen-bond donors (Lipinski definition) is 0. The summed E-state index contributed by atoms with van der Waals surface area (Å²) in [6.07, 6.45) is 1.84. The Balaban J connectivity index is 2.00. The highest BCUT2D eigenvalue weighted by Crippen LogP contribution is 2.33. The molecule has 0 aromatic heterocycles. The van der Waals surface area contributed by atoms with Gasteiger partial charge in [0.2, 0.25) is 0 Å². The van der Waals surface area contributed by atoms with Gasteiger partial charge in [0.25, 0.3) is 0 Å². The fraction of sp³-hybridized carbons (Fsp3) is 0.0909. The molecule has 0 radical (unpaired) electrons. The first-order valence-electron chi connectivity index (χ1n) is 7.93. The predicted octanol–water partition coefficient (Wildman–Crippen LogP) is 7.27. The van der Waals surface area contributed by atoms with Crippen molar-refractivity contribution < 1.29 is 8.78 Å². The predicted molar refractivity (Wildman–Crippen MR) is 109 cm³/mol. The molecule has 1 atom stereocenters. The molecule has 0 bridgehead atoms. The van der Waals surface area contributed by atoms with Gasteiger partial charge in [-0.15, -0.1) is 6.58 Å². The number of rotatable bonds is 4. The van der Waals surface area contributed by atoms with Crippen molar-refractivity contribution in [2.24, 2.45) is 0 Å². The number of hydrogen-bond acceptors (Lipinski definition) is 0. The van der Waals surface area contributed by atoms with Crippen molar-refractivity contribution in [1.82, 2.24) is 0 Å². The van der Waals surface area contributed by atoms with Crippen molar-refractivity contribution in [1.29, 1.82) is 0 Å². The molecule has 1 unspecified atom stereocenters. The van der Waals surface area contributed by atoms with Crippen molar-refractivity contribution in [2.45, 2.75) is 10.8 Å². The summed E-state index contributed by atoms with van der Waals surface area (Å²) in [6, 6.07) is 18.1. The monoisotopic (exact) mass is 446 g/mol. The summed E-state index contributed by atoms with van der Waals surface area (Å²) in [6.45, 7) is 5.73. The molecule has 0 saturated heterocycles. The Hall–Kier alpha value is -2.01. The van der Waals surface area contributed by atoms with Crippen molar-refractivity contribution in [3.8, 4) is 22.3 Å². The lowest BCUT2D eigenvalue weighted by Crippen LogP contribution is -1.94. The van der Waals surface area contributed by atoms with Gasteiger partial charge in [0.05, 0.1) is 3.92 Å². The van der Waals surface area contributed by atoms with E-state index in [0.717, 1.165) is 11.1 Å². The Morgan fingerprint density at radius 1 is 0.800 bits per heavy atom. The van der Waals surface area contributed by atoms with Crippen LogP contribution in [0.1, 0.15) is 15.1 Å². The third kappa shape index (κ3) is 3.66. The van der Waals surface area contributed by atoms with Crippen LogP contribution in [-0.2, 0) is 0 Å². The van der Waals surface area contributed by atoms with Crippen molar-refractivity contribution in [3.63, 3.8) is 0 Å². The first-order valence-corrected chi connectivity index (χ1v) is 9.18. The van der Waals surface area contributed by atoms with Crippen LogP contribution < -0.4 is 0 Å². The molecule has 0 saturated carbocycles. The van der Waals surface area contributed by atoms with Crippen molar-refractivity contribution in [3.05, 3.63) is 96.1 Å². The quantitative estimate of drug-likeness (QED) is 0.225. The summed E-state index contributed by atoms with van der Waals surface area (Å²) >= 11 is 2.27. The Morgan fingerprint density at radius 2 is 1.24 bits per heavy atom. The largest absolute Gasteiger partial charge is 0.203 e. The summed E-state index contributed by atoms with van der Waals surface area (Å²) in [4.78, 5) is 0. The van der Waals surface area contributed by atoms with Gasteiger partial charge in [0.1, 0.15) is 0 Å². The molecule has 126 valence electrons. The molecule has 0 spiro atoms. The molecular weight excluding hydrogens is 429 g/mol. The third-order valence-corrected chi connectivity index (χ3v) is 5.42. The number of alkyl halides is 1. The molecule has 0 nitrogen and oxygen atoms in total. The minimum Gasteiger partial charge on any atom is -0.203 e. The van der Waals surface area contributed by atoms with Gasteiger partial charge in [-0.3, -0.25) is 0 Å². The van der Waals surface area contributed by atoms with E-state index in [1.807, 2.05) is 49.4 Å². The van der Waals surface area contributed by atoms with Crippen molar-refractivity contribution >= 4 is 22.6 Å². The molecule has 25 heavy (non-hydrogen) atoms. The average molecular weight is 446 g/mol. The summed E-state index contributed by atoms with van der Waals surface area (Å²) in [5.74, 6) is -1.64. The average Bonchev–Trinajstić information content (AvgIpc) is 2.64. The lowest BCUT2D eigenvalue weighted by atomic mass is 9.97. The van der Waals surface area contributed by atoms with Crippen LogP contribution in [-0.4, -0.2) is 0 Å². The molecular formula is C22H17F2I. The fourth-order valence-corrected chi connectivity index (χ4v) is 3.13. The number of benzene rings is 3. The van der Waals surface area contributed by atoms with Gasteiger partial charge in [0.15, 0.2) is 11.6 Å². The molecule has 3 heteroatoms. The van der Waals surface area contributed by atoms with Crippen LogP contribution in [0.15, 0.2) is 73.3 Å². The van der Waals surface area contributed by atoms with Crippen LogP contribution >= 0.6 is 22.6 Å². The van der Waals surface area contributed by atoms with E-state index in [1.54, 1.807) is 24.3 Å². The van der Waals surface area contributed by atoms with Crippen LogP contribution in [0.3, 0.4) is 0 Å². The van der Waals surface area contributed by atoms with Crippen LogP contribution in [0.5, 0.6) is 0 Å². The lowest BCUT2D eigenvalue weighted by Gasteiger charge is -2.11. The maximum atomic E-state index is 14.6. The Kier molecular flexibility index (Phi) is 5.33. The summed E-state index contributed by atoms with van der Waals surface area (Å²) < 4.78 is 29.4. The van der Waals surface area contributed by atoms with Gasteiger partial charge in [-0.2, -0.15) is 0 Å². The van der Waals surface area contributed by atoms with E-state index < -0.39 is 11.6 Å². The van der Waals surface area contributed by atoms with Gasteiger partial charge in [-0.1, -0.05) is 94.9 Å².